The zero-order valence-electron chi connectivity index (χ0n) is 9.92. The molecule has 0 saturated carbocycles. The Balaban J connectivity index is 2.39. The molecule has 4 nitrogen and oxygen atoms in total. The molecule has 0 bridgehead atoms. The van der Waals surface area contributed by atoms with E-state index in [1.54, 1.807) is 6.20 Å². The van der Waals surface area contributed by atoms with E-state index in [9.17, 15) is 4.79 Å². The lowest BCUT2D eigenvalue weighted by Gasteiger charge is -2.18. The molecule has 0 spiro atoms. The van der Waals surface area contributed by atoms with E-state index in [4.69, 9.17) is 0 Å². The average Bonchev–Trinajstić information content (AvgIpc) is 2.73. The summed E-state index contributed by atoms with van der Waals surface area (Å²) in [5.41, 5.74) is 1.03. The summed E-state index contributed by atoms with van der Waals surface area (Å²) >= 11 is 0. The molecule has 1 heterocycles. The molecule has 0 aliphatic rings. The fourth-order valence-electron chi connectivity index (χ4n) is 1.80. The van der Waals surface area contributed by atoms with E-state index in [0.29, 0.717) is 0 Å². The Morgan fingerprint density at radius 3 is 2.59 bits per heavy atom. The maximum Gasteiger partial charge on any atom is 0.217 e. The van der Waals surface area contributed by atoms with Crippen molar-refractivity contribution >= 4 is 5.91 Å². The van der Waals surface area contributed by atoms with Gasteiger partial charge in [0.05, 0.1) is 0 Å². The van der Waals surface area contributed by atoms with E-state index in [1.807, 2.05) is 48.1 Å². The minimum Gasteiger partial charge on any atom is -0.342 e. The van der Waals surface area contributed by atoms with Gasteiger partial charge in [-0.2, -0.15) is 0 Å². The van der Waals surface area contributed by atoms with Crippen LogP contribution in [0.1, 0.15) is 24.4 Å². The van der Waals surface area contributed by atoms with Gasteiger partial charge >= 0.3 is 0 Å². The van der Waals surface area contributed by atoms with Crippen molar-refractivity contribution in [2.75, 3.05) is 0 Å². The third-order valence-electron chi connectivity index (χ3n) is 2.60. The van der Waals surface area contributed by atoms with Gasteiger partial charge in [0.15, 0.2) is 0 Å². The summed E-state index contributed by atoms with van der Waals surface area (Å²) in [4.78, 5) is 15.6. The average molecular weight is 229 g/mol. The van der Waals surface area contributed by atoms with Crippen LogP contribution in [-0.4, -0.2) is 15.5 Å². The molecular formula is C13H15N3O. The zero-order chi connectivity index (χ0) is 12.3. The van der Waals surface area contributed by atoms with E-state index in [-0.39, 0.29) is 11.9 Å². The number of rotatable bonds is 3. The summed E-state index contributed by atoms with van der Waals surface area (Å²) in [5, 5.41) is 2.92. The third-order valence-corrected chi connectivity index (χ3v) is 2.60. The molecule has 1 unspecified atom stereocenters. The Bertz CT molecular complexity index is 504. The molecule has 2 rings (SSSR count). The summed E-state index contributed by atoms with van der Waals surface area (Å²) < 4.78 is 1.91. The number of nitrogens with zero attached hydrogens (tertiary/aromatic N) is 2. The van der Waals surface area contributed by atoms with Crippen molar-refractivity contribution in [1.29, 1.82) is 0 Å². The van der Waals surface area contributed by atoms with Crippen molar-refractivity contribution in [3.8, 4) is 0 Å². The van der Waals surface area contributed by atoms with Crippen molar-refractivity contribution in [3.63, 3.8) is 0 Å². The molecule has 1 atom stereocenters. The van der Waals surface area contributed by atoms with Crippen LogP contribution in [0.3, 0.4) is 0 Å². The number of hydrogen-bond donors (Lipinski definition) is 1. The number of carbonyl (C=O) groups excluding carboxylic acids is 1. The first-order valence-corrected chi connectivity index (χ1v) is 5.47. The molecule has 1 N–H and O–H groups in total. The predicted molar refractivity (Wildman–Crippen MR) is 65.3 cm³/mol. The summed E-state index contributed by atoms with van der Waals surface area (Å²) in [7, 11) is 1.92. The van der Waals surface area contributed by atoms with Crippen LogP contribution in [0.2, 0.25) is 0 Å². The smallest absolute Gasteiger partial charge is 0.217 e. The van der Waals surface area contributed by atoms with Crippen LogP contribution in [-0.2, 0) is 11.8 Å². The standard InChI is InChI=1S/C13H15N3O/c1-10(17)15-12(11-6-4-3-5-7-11)13-14-8-9-16(13)2/h3-9,12H,1-2H3,(H,15,17). The molecule has 4 heteroatoms. The second kappa shape index (κ2) is 4.82. The number of amides is 1. The molecule has 0 aliphatic heterocycles. The van der Waals surface area contributed by atoms with Crippen molar-refractivity contribution in [2.24, 2.45) is 7.05 Å². The number of carbonyl (C=O) groups is 1. The van der Waals surface area contributed by atoms with E-state index in [2.05, 4.69) is 10.3 Å². The highest BCUT2D eigenvalue weighted by atomic mass is 16.1. The van der Waals surface area contributed by atoms with Gasteiger partial charge in [0.2, 0.25) is 5.91 Å². The molecule has 17 heavy (non-hydrogen) atoms. The molecule has 0 fully saturated rings. The SMILES string of the molecule is CC(=O)NC(c1ccccc1)c1nccn1C. The normalized spacial score (nSPS) is 12.1. The zero-order valence-corrected chi connectivity index (χ0v) is 9.92. The number of aryl methyl sites for hydroxylation is 1. The Kier molecular flexibility index (Phi) is 3.23. The lowest BCUT2D eigenvalue weighted by atomic mass is 10.1. The second-order valence-electron chi connectivity index (χ2n) is 3.94. The largest absolute Gasteiger partial charge is 0.342 e. The molecule has 0 radical (unpaired) electrons. The van der Waals surface area contributed by atoms with Gasteiger partial charge in [-0.3, -0.25) is 4.79 Å². The first-order valence-electron chi connectivity index (χ1n) is 5.47. The van der Waals surface area contributed by atoms with Crippen LogP contribution in [0, 0.1) is 0 Å². The lowest BCUT2D eigenvalue weighted by molar-refractivity contribution is -0.119. The van der Waals surface area contributed by atoms with Crippen LogP contribution in [0.5, 0.6) is 0 Å². The fourth-order valence-corrected chi connectivity index (χ4v) is 1.80. The molecule has 0 aliphatic carbocycles. The quantitative estimate of drug-likeness (QED) is 0.869. The maximum atomic E-state index is 11.3. The van der Waals surface area contributed by atoms with Crippen molar-refractivity contribution in [2.45, 2.75) is 13.0 Å². The number of benzene rings is 1. The summed E-state index contributed by atoms with van der Waals surface area (Å²) in [6.45, 7) is 1.51. The number of hydrogen-bond acceptors (Lipinski definition) is 2. The highest BCUT2D eigenvalue weighted by Crippen LogP contribution is 2.19. The Labute approximate surface area is 100 Å². The van der Waals surface area contributed by atoms with E-state index in [0.717, 1.165) is 11.4 Å². The fraction of sp³-hybridized carbons (Fsp3) is 0.231. The number of imidazole rings is 1. The topological polar surface area (TPSA) is 46.9 Å². The van der Waals surface area contributed by atoms with Gasteiger partial charge in [-0.05, 0) is 5.56 Å². The van der Waals surface area contributed by atoms with Gasteiger partial charge in [-0.15, -0.1) is 0 Å². The molecule has 1 aromatic heterocycles. The minimum absolute atomic E-state index is 0.0677. The van der Waals surface area contributed by atoms with E-state index >= 15 is 0 Å². The molecule has 1 aromatic carbocycles. The molecular weight excluding hydrogens is 214 g/mol. The van der Waals surface area contributed by atoms with Gasteiger partial charge < -0.3 is 9.88 Å². The molecule has 1 amide bonds. The van der Waals surface area contributed by atoms with Crippen molar-refractivity contribution in [3.05, 3.63) is 54.1 Å². The highest BCUT2D eigenvalue weighted by Gasteiger charge is 2.18. The second-order valence-corrected chi connectivity index (χ2v) is 3.94. The Morgan fingerprint density at radius 2 is 2.06 bits per heavy atom. The van der Waals surface area contributed by atoms with Gasteiger partial charge in [-0.1, -0.05) is 30.3 Å². The summed E-state index contributed by atoms with van der Waals surface area (Å²) in [6, 6.07) is 9.62. The van der Waals surface area contributed by atoms with Crippen LogP contribution in [0.25, 0.3) is 0 Å². The van der Waals surface area contributed by atoms with E-state index in [1.165, 1.54) is 6.92 Å². The predicted octanol–water partition coefficient (Wildman–Crippen LogP) is 1.65. The van der Waals surface area contributed by atoms with Gasteiger partial charge in [0.1, 0.15) is 11.9 Å². The van der Waals surface area contributed by atoms with Crippen LogP contribution >= 0.6 is 0 Å². The van der Waals surface area contributed by atoms with E-state index < -0.39 is 0 Å². The first-order chi connectivity index (χ1) is 8.18. The Hall–Kier alpha value is -2.10. The number of aromatic nitrogens is 2. The molecule has 88 valence electrons. The van der Waals surface area contributed by atoms with Crippen LogP contribution in [0.15, 0.2) is 42.7 Å². The maximum absolute atomic E-state index is 11.3. The van der Waals surface area contributed by atoms with Gasteiger partial charge in [-0.25, -0.2) is 4.98 Å². The summed E-state index contributed by atoms with van der Waals surface area (Å²) in [6.07, 6.45) is 3.60. The molecule has 0 saturated heterocycles. The lowest BCUT2D eigenvalue weighted by Crippen LogP contribution is -2.28. The highest BCUT2D eigenvalue weighted by molar-refractivity contribution is 5.73. The first kappa shape index (κ1) is 11.4. The minimum atomic E-state index is -0.200. The van der Waals surface area contributed by atoms with Gasteiger partial charge in [0.25, 0.3) is 0 Å². The molecule has 2 aromatic rings. The van der Waals surface area contributed by atoms with Crippen LogP contribution in [0.4, 0.5) is 0 Å². The van der Waals surface area contributed by atoms with Gasteiger partial charge in [0, 0.05) is 26.4 Å². The Morgan fingerprint density at radius 1 is 1.35 bits per heavy atom. The monoisotopic (exact) mass is 229 g/mol. The third kappa shape index (κ3) is 2.53. The van der Waals surface area contributed by atoms with Crippen molar-refractivity contribution in [1.82, 2.24) is 14.9 Å². The summed E-state index contributed by atoms with van der Waals surface area (Å²) in [5.74, 6) is 0.758. The van der Waals surface area contributed by atoms with Crippen LogP contribution < -0.4 is 5.32 Å². The number of nitrogens with one attached hydrogen (secondary N) is 1. The van der Waals surface area contributed by atoms with Crippen molar-refractivity contribution < 1.29 is 4.79 Å².